The Kier molecular flexibility index (Phi) is 3.86. The molecule has 3 N–H and O–H groups in total. The second-order valence-electron chi connectivity index (χ2n) is 5.34. The number of aromatic nitrogens is 2. The summed E-state index contributed by atoms with van der Waals surface area (Å²) in [5.74, 6) is -0.332. The van der Waals surface area contributed by atoms with Crippen LogP contribution >= 0.6 is 0 Å². The molecule has 1 aromatic heterocycles. The summed E-state index contributed by atoms with van der Waals surface area (Å²) in [5.41, 5.74) is -1.63. The first-order valence-electron chi connectivity index (χ1n) is 6.65. The molecule has 1 aliphatic heterocycles. The second kappa shape index (κ2) is 5.16. The monoisotopic (exact) mass is 284 g/mol. The van der Waals surface area contributed by atoms with Crippen LogP contribution in [0.25, 0.3) is 0 Å². The summed E-state index contributed by atoms with van der Waals surface area (Å²) < 4.78 is 6.95. The van der Waals surface area contributed by atoms with E-state index in [9.17, 15) is 19.8 Å². The van der Waals surface area contributed by atoms with Crippen LogP contribution in [0.3, 0.4) is 0 Å². The number of nitrogens with one attached hydrogen (secondary N) is 1. The maximum atomic E-state index is 11.9. The lowest BCUT2D eigenvalue weighted by molar-refractivity contribution is -0.118. The van der Waals surface area contributed by atoms with Crippen molar-refractivity contribution in [2.45, 2.75) is 45.1 Å². The van der Waals surface area contributed by atoms with Crippen LogP contribution in [0.15, 0.2) is 15.8 Å². The number of hydrogen-bond donors (Lipinski definition) is 3. The summed E-state index contributed by atoms with van der Waals surface area (Å²) in [6.07, 6.45) is 0.0190. The Hall–Kier alpha value is -1.44. The normalized spacial score (nSPS) is 33.5. The number of aromatic amines is 1. The summed E-state index contributed by atoms with van der Waals surface area (Å²) in [6, 6.07) is 0. The fourth-order valence-electron chi connectivity index (χ4n) is 2.67. The molecule has 7 nitrogen and oxygen atoms in total. The SMILES string of the molecule is CC[C@@]1(CO)O[C@@H](n2cc(C)c(=O)[nH]c2=O)[C@H](O)[C@@H]1C. The van der Waals surface area contributed by atoms with Gasteiger partial charge in [0.2, 0.25) is 0 Å². The molecule has 1 aromatic rings. The van der Waals surface area contributed by atoms with Crippen molar-refractivity contribution in [1.29, 1.82) is 0 Å². The van der Waals surface area contributed by atoms with E-state index < -0.39 is 29.2 Å². The van der Waals surface area contributed by atoms with Gasteiger partial charge in [-0.15, -0.1) is 0 Å². The highest BCUT2D eigenvalue weighted by Gasteiger charge is 2.51. The van der Waals surface area contributed by atoms with Crippen LogP contribution in [0.5, 0.6) is 0 Å². The van der Waals surface area contributed by atoms with Crippen molar-refractivity contribution in [2.24, 2.45) is 5.92 Å². The average molecular weight is 284 g/mol. The van der Waals surface area contributed by atoms with Gasteiger partial charge < -0.3 is 14.9 Å². The van der Waals surface area contributed by atoms with Crippen LogP contribution in [0.4, 0.5) is 0 Å². The van der Waals surface area contributed by atoms with E-state index in [4.69, 9.17) is 4.74 Å². The molecule has 0 aliphatic carbocycles. The first kappa shape index (κ1) is 15.0. The molecule has 2 heterocycles. The van der Waals surface area contributed by atoms with Crippen molar-refractivity contribution in [2.75, 3.05) is 6.61 Å². The minimum absolute atomic E-state index is 0.241. The van der Waals surface area contributed by atoms with Gasteiger partial charge in [-0.25, -0.2) is 4.79 Å². The van der Waals surface area contributed by atoms with Crippen LogP contribution < -0.4 is 11.2 Å². The molecule has 0 radical (unpaired) electrons. The molecule has 0 spiro atoms. The predicted octanol–water partition coefficient (Wildman–Crippen LogP) is -0.488. The lowest BCUT2D eigenvalue weighted by Gasteiger charge is -2.29. The Balaban J connectivity index is 2.47. The van der Waals surface area contributed by atoms with Crippen molar-refractivity contribution in [3.8, 4) is 0 Å². The number of rotatable bonds is 3. The molecule has 2 rings (SSSR count). The summed E-state index contributed by atoms with van der Waals surface area (Å²) in [7, 11) is 0. The number of aliphatic hydroxyl groups excluding tert-OH is 2. The van der Waals surface area contributed by atoms with Crippen LogP contribution in [0, 0.1) is 12.8 Å². The quantitative estimate of drug-likeness (QED) is 0.695. The Morgan fingerprint density at radius 3 is 2.65 bits per heavy atom. The Labute approximate surface area is 115 Å². The van der Waals surface area contributed by atoms with E-state index in [0.717, 1.165) is 0 Å². The molecule has 1 fully saturated rings. The van der Waals surface area contributed by atoms with Gasteiger partial charge in [-0.05, 0) is 13.3 Å². The van der Waals surface area contributed by atoms with Gasteiger partial charge in [0, 0.05) is 17.7 Å². The summed E-state index contributed by atoms with van der Waals surface area (Å²) in [6.45, 7) is 4.95. The third-order valence-electron chi connectivity index (χ3n) is 4.28. The molecular formula is C13H20N2O5. The van der Waals surface area contributed by atoms with E-state index in [-0.39, 0.29) is 12.5 Å². The standard InChI is InChI=1S/C13H20N2O5/c1-4-13(6-16)8(3)9(17)11(20-13)15-5-7(2)10(18)14-12(15)19/h5,8-9,11,16-17H,4,6H2,1-3H3,(H,14,18,19)/t8-,9+,11+,13-/m0/s1. The number of H-pyrrole nitrogens is 1. The van der Waals surface area contributed by atoms with Gasteiger partial charge in [-0.1, -0.05) is 13.8 Å². The van der Waals surface area contributed by atoms with Gasteiger partial charge in [-0.2, -0.15) is 0 Å². The predicted molar refractivity (Wildman–Crippen MR) is 71.5 cm³/mol. The van der Waals surface area contributed by atoms with Crippen molar-refractivity contribution < 1.29 is 14.9 Å². The summed E-state index contributed by atoms with van der Waals surface area (Å²) in [4.78, 5) is 25.4. The Morgan fingerprint density at radius 2 is 2.15 bits per heavy atom. The minimum Gasteiger partial charge on any atom is -0.393 e. The lowest BCUT2D eigenvalue weighted by atomic mass is 9.85. The molecule has 1 aliphatic rings. The van der Waals surface area contributed by atoms with Gasteiger partial charge in [0.25, 0.3) is 5.56 Å². The number of aryl methyl sites for hydroxylation is 1. The number of nitrogens with zero attached hydrogens (tertiary/aromatic N) is 1. The van der Waals surface area contributed by atoms with Crippen LogP contribution in [0.2, 0.25) is 0 Å². The first-order valence-corrected chi connectivity index (χ1v) is 6.65. The summed E-state index contributed by atoms with van der Waals surface area (Å²) in [5, 5.41) is 19.9. The Bertz CT molecular complexity index is 602. The van der Waals surface area contributed by atoms with Crippen molar-refractivity contribution >= 4 is 0 Å². The molecule has 1 saturated heterocycles. The van der Waals surface area contributed by atoms with E-state index >= 15 is 0 Å². The zero-order valence-electron chi connectivity index (χ0n) is 11.8. The number of ether oxygens (including phenoxy) is 1. The maximum Gasteiger partial charge on any atom is 0.330 e. The molecular weight excluding hydrogens is 264 g/mol. The highest BCUT2D eigenvalue weighted by molar-refractivity contribution is 5.04. The molecule has 0 aromatic carbocycles. The summed E-state index contributed by atoms with van der Waals surface area (Å²) >= 11 is 0. The number of hydrogen-bond acceptors (Lipinski definition) is 5. The second-order valence-corrected chi connectivity index (χ2v) is 5.34. The third-order valence-corrected chi connectivity index (χ3v) is 4.28. The lowest BCUT2D eigenvalue weighted by Crippen LogP contribution is -2.39. The molecule has 0 saturated carbocycles. The molecule has 20 heavy (non-hydrogen) atoms. The Morgan fingerprint density at radius 1 is 1.50 bits per heavy atom. The van der Waals surface area contributed by atoms with Crippen molar-refractivity contribution in [3.63, 3.8) is 0 Å². The first-order chi connectivity index (χ1) is 9.36. The molecule has 0 amide bonds. The fourth-order valence-corrected chi connectivity index (χ4v) is 2.67. The maximum absolute atomic E-state index is 11.9. The minimum atomic E-state index is -0.940. The smallest absolute Gasteiger partial charge is 0.330 e. The van der Waals surface area contributed by atoms with Gasteiger partial charge in [0.05, 0.1) is 12.2 Å². The van der Waals surface area contributed by atoms with E-state index in [2.05, 4.69) is 4.98 Å². The van der Waals surface area contributed by atoms with Gasteiger partial charge in [-0.3, -0.25) is 14.3 Å². The van der Waals surface area contributed by atoms with E-state index in [1.165, 1.54) is 10.8 Å². The van der Waals surface area contributed by atoms with Crippen molar-refractivity contribution in [1.82, 2.24) is 9.55 Å². The van der Waals surface area contributed by atoms with Gasteiger partial charge >= 0.3 is 5.69 Å². The van der Waals surface area contributed by atoms with Gasteiger partial charge in [0.1, 0.15) is 6.10 Å². The highest BCUT2D eigenvalue weighted by atomic mass is 16.6. The highest BCUT2D eigenvalue weighted by Crippen LogP contribution is 2.42. The molecule has 4 atom stereocenters. The van der Waals surface area contributed by atoms with Crippen LogP contribution in [0.1, 0.15) is 32.1 Å². The van der Waals surface area contributed by atoms with E-state index in [1.807, 2.05) is 6.92 Å². The largest absolute Gasteiger partial charge is 0.393 e. The zero-order valence-corrected chi connectivity index (χ0v) is 11.8. The molecule has 112 valence electrons. The van der Waals surface area contributed by atoms with E-state index in [1.54, 1.807) is 13.8 Å². The molecule has 0 bridgehead atoms. The average Bonchev–Trinajstić information content (AvgIpc) is 2.68. The van der Waals surface area contributed by atoms with Crippen LogP contribution in [-0.2, 0) is 4.74 Å². The fraction of sp³-hybridized carbons (Fsp3) is 0.692. The van der Waals surface area contributed by atoms with Crippen molar-refractivity contribution in [3.05, 3.63) is 32.6 Å². The topological polar surface area (TPSA) is 105 Å². The number of aliphatic hydroxyl groups is 2. The third kappa shape index (κ3) is 2.11. The van der Waals surface area contributed by atoms with E-state index in [0.29, 0.717) is 12.0 Å². The zero-order chi connectivity index (χ0) is 15.1. The molecule has 7 heteroatoms. The van der Waals surface area contributed by atoms with Crippen LogP contribution in [-0.4, -0.2) is 38.1 Å². The molecule has 0 unspecified atom stereocenters. The van der Waals surface area contributed by atoms with Gasteiger partial charge in [0.15, 0.2) is 6.23 Å².